The van der Waals surface area contributed by atoms with Gasteiger partial charge in [0.25, 0.3) is 0 Å². The van der Waals surface area contributed by atoms with Gasteiger partial charge in [0.15, 0.2) is 8.32 Å². The Morgan fingerprint density at radius 2 is 1.88 bits per heavy atom. The quantitative estimate of drug-likeness (QED) is 0.329. The second-order valence-electron chi connectivity index (χ2n) is 5.26. The van der Waals surface area contributed by atoms with E-state index in [-0.39, 0.29) is 5.41 Å². The van der Waals surface area contributed by atoms with Crippen molar-refractivity contribution >= 4 is 14.3 Å². The molecular weight excluding hydrogens is 220 g/mol. The lowest BCUT2D eigenvalue weighted by atomic mass is 9.96. The molecule has 4 heteroatoms. The Bertz CT molecular complexity index is 292. The van der Waals surface area contributed by atoms with Gasteiger partial charge >= 0.3 is 5.97 Å². The molecule has 3 nitrogen and oxygen atoms in total. The van der Waals surface area contributed by atoms with Gasteiger partial charge in [-0.2, -0.15) is 0 Å². The van der Waals surface area contributed by atoms with E-state index in [9.17, 15) is 4.79 Å². The van der Waals surface area contributed by atoms with Crippen molar-refractivity contribution in [3.05, 3.63) is 0 Å². The first kappa shape index (κ1) is 15.2. The molecule has 16 heavy (non-hydrogen) atoms. The van der Waals surface area contributed by atoms with Crippen LogP contribution in [0.3, 0.4) is 0 Å². The van der Waals surface area contributed by atoms with E-state index in [0.717, 1.165) is 0 Å². The third-order valence-corrected chi connectivity index (χ3v) is 2.65. The molecule has 0 atom stereocenters. The average molecular weight is 242 g/mol. The van der Waals surface area contributed by atoms with E-state index in [1.54, 1.807) is 6.92 Å². The molecular formula is C12H22O3Si. The summed E-state index contributed by atoms with van der Waals surface area (Å²) in [6.07, 6.45) is 0. The molecule has 0 amide bonds. The summed E-state index contributed by atoms with van der Waals surface area (Å²) in [6, 6.07) is 0. The number of carbonyl (C=O) groups is 1. The standard InChI is InChI=1S/C12H22O3Si/c1-7-14-11(13)8-9-12(2,3)10-15-16(4,5)6/h7,10H2,1-6H3. The van der Waals surface area contributed by atoms with Crippen LogP contribution in [-0.4, -0.2) is 27.5 Å². The highest BCUT2D eigenvalue weighted by Crippen LogP contribution is 2.16. The van der Waals surface area contributed by atoms with Crippen molar-refractivity contribution in [3.8, 4) is 11.8 Å². The van der Waals surface area contributed by atoms with Crippen LogP contribution in [0.1, 0.15) is 20.8 Å². The molecule has 0 aliphatic carbocycles. The van der Waals surface area contributed by atoms with Crippen LogP contribution in [0.4, 0.5) is 0 Å². The van der Waals surface area contributed by atoms with Gasteiger partial charge in [-0.1, -0.05) is 5.92 Å². The zero-order valence-corrected chi connectivity index (χ0v) is 12.1. The second kappa shape index (κ2) is 6.07. The van der Waals surface area contributed by atoms with Crippen LogP contribution in [0.5, 0.6) is 0 Å². The van der Waals surface area contributed by atoms with Gasteiger partial charge < -0.3 is 9.16 Å². The lowest BCUT2D eigenvalue weighted by Gasteiger charge is -2.24. The lowest BCUT2D eigenvalue weighted by Crippen LogP contribution is -2.31. The van der Waals surface area contributed by atoms with E-state index >= 15 is 0 Å². The smallest absolute Gasteiger partial charge is 0.384 e. The summed E-state index contributed by atoms with van der Waals surface area (Å²) < 4.78 is 10.5. The van der Waals surface area contributed by atoms with Gasteiger partial charge in [-0.05, 0) is 40.4 Å². The molecule has 0 bridgehead atoms. The monoisotopic (exact) mass is 242 g/mol. The molecule has 0 N–H and O–H groups in total. The van der Waals surface area contributed by atoms with Crippen LogP contribution < -0.4 is 0 Å². The van der Waals surface area contributed by atoms with Crippen LogP contribution in [0, 0.1) is 17.3 Å². The molecule has 0 spiro atoms. The first-order valence-corrected chi connectivity index (χ1v) is 8.91. The summed E-state index contributed by atoms with van der Waals surface area (Å²) in [6.45, 7) is 13.0. The number of rotatable bonds is 4. The lowest BCUT2D eigenvalue weighted by molar-refractivity contribution is -0.136. The first-order valence-electron chi connectivity index (χ1n) is 5.50. The molecule has 0 aromatic heterocycles. The fraction of sp³-hybridized carbons (Fsp3) is 0.750. The summed E-state index contributed by atoms with van der Waals surface area (Å²) in [5, 5.41) is 0. The summed E-state index contributed by atoms with van der Waals surface area (Å²) in [4.78, 5) is 11.1. The highest BCUT2D eigenvalue weighted by Gasteiger charge is 2.21. The summed E-state index contributed by atoms with van der Waals surface area (Å²) in [7, 11) is -1.52. The zero-order valence-electron chi connectivity index (χ0n) is 11.1. The maximum atomic E-state index is 11.1. The van der Waals surface area contributed by atoms with Crippen molar-refractivity contribution < 1.29 is 14.0 Å². The Morgan fingerprint density at radius 1 is 1.31 bits per heavy atom. The van der Waals surface area contributed by atoms with Crippen molar-refractivity contribution in [2.75, 3.05) is 13.2 Å². The molecule has 0 fully saturated rings. The summed E-state index contributed by atoms with van der Waals surface area (Å²) >= 11 is 0. The molecule has 0 aromatic rings. The third kappa shape index (κ3) is 8.51. The van der Waals surface area contributed by atoms with E-state index in [1.807, 2.05) is 13.8 Å². The topological polar surface area (TPSA) is 35.5 Å². The first-order chi connectivity index (χ1) is 7.16. The Morgan fingerprint density at radius 3 is 2.31 bits per heavy atom. The van der Waals surface area contributed by atoms with Crippen molar-refractivity contribution in [2.45, 2.75) is 40.4 Å². The van der Waals surface area contributed by atoms with Gasteiger partial charge in [-0.15, -0.1) is 0 Å². The number of ether oxygens (including phenoxy) is 1. The molecule has 0 heterocycles. The zero-order chi connectivity index (χ0) is 12.8. The Hall–Kier alpha value is -0.793. The van der Waals surface area contributed by atoms with Gasteiger partial charge in [0.05, 0.1) is 6.61 Å². The Labute approximate surface area is 99.6 Å². The second-order valence-corrected chi connectivity index (χ2v) is 9.77. The van der Waals surface area contributed by atoms with Gasteiger partial charge in [0.2, 0.25) is 0 Å². The fourth-order valence-electron chi connectivity index (χ4n) is 0.820. The molecule has 0 rings (SSSR count). The van der Waals surface area contributed by atoms with Crippen molar-refractivity contribution in [3.63, 3.8) is 0 Å². The van der Waals surface area contributed by atoms with E-state index in [0.29, 0.717) is 13.2 Å². The van der Waals surface area contributed by atoms with Gasteiger partial charge in [0.1, 0.15) is 0 Å². The normalized spacial score (nSPS) is 11.6. The van der Waals surface area contributed by atoms with Crippen LogP contribution >= 0.6 is 0 Å². The van der Waals surface area contributed by atoms with Crippen LogP contribution in [0.25, 0.3) is 0 Å². The van der Waals surface area contributed by atoms with Crippen LogP contribution in [0.2, 0.25) is 19.6 Å². The van der Waals surface area contributed by atoms with E-state index in [4.69, 9.17) is 9.16 Å². The van der Waals surface area contributed by atoms with E-state index in [2.05, 4.69) is 31.5 Å². The number of esters is 1. The molecule has 0 saturated carbocycles. The predicted octanol–water partition coefficient (Wildman–Crippen LogP) is 2.43. The van der Waals surface area contributed by atoms with E-state index < -0.39 is 14.3 Å². The summed E-state index contributed by atoms with van der Waals surface area (Å²) in [5.74, 6) is 4.90. The maximum absolute atomic E-state index is 11.1. The SMILES string of the molecule is CCOC(=O)C#CC(C)(C)CO[Si](C)(C)C. The van der Waals surface area contributed by atoms with Crippen molar-refractivity contribution in [1.82, 2.24) is 0 Å². The average Bonchev–Trinajstić information content (AvgIpc) is 2.12. The predicted molar refractivity (Wildman–Crippen MR) is 67.5 cm³/mol. The minimum atomic E-state index is -1.52. The van der Waals surface area contributed by atoms with Gasteiger partial charge in [-0.3, -0.25) is 0 Å². The van der Waals surface area contributed by atoms with Gasteiger partial charge in [-0.25, -0.2) is 4.79 Å². The number of hydrogen-bond acceptors (Lipinski definition) is 3. The van der Waals surface area contributed by atoms with Crippen LogP contribution in [0.15, 0.2) is 0 Å². The maximum Gasteiger partial charge on any atom is 0.384 e. The molecule has 0 unspecified atom stereocenters. The highest BCUT2D eigenvalue weighted by molar-refractivity contribution is 6.69. The fourth-order valence-corrected chi connectivity index (χ4v) is 1.61. The van der Waals surface area contributed by atoms with Crippen molar-refractivity contribution in [1.29, 1.82) is 0 Å². The molecule has 0 aliphatic heterocycles. The Kier molecular flexibility index (Phi) is 5.77. The highest BCUT2D eigenvalue weighted by atomic mass is 28.4. The minimum absolute atomic E-state index is 0.312. The van der Waals surface area contributed by atoms with Crippen LogP contribution in [-0.2, 0) is 14.0 Å². The molecule has 0 radical (unpaired) electrons. The molecule has 0 aromatic carbocycles. The molecule has 0 aliphatic rings. The summed E-state index contributed by atoms with van der Waals surface area (Å²) in [5.41, 5.74) is -0.312. The van der Waals surface area contributed by atoms with Crippen molar-refractivity contribution in [2.24, 2.45) is 5.41 Å². The van der Waals surface area contributed by atoms with Gasteiger partial charge in [0, 0.05) is 17.9 Å². The Balaban J connectivity index is 4.28. The third-order valence-electron chi connectivity index (χ3n) is 1.64. The molecule has 0 saturated heterocycles. The minimum Gasteiger partial charge on any atom is -0.456 e. The largest absolute Gasteiger partial charge is 0.456 e. The number of carbonyl (C=O) groups excluding carboxylic acids is 1. The van der Waals surface area contributed by atoms with E-state index in [1.165, 1.54) is 0 Å². The molecule has 92 valence electrons. The number of hydrogen-bond donors (Lipinski definition) is 0.